The van der Waals surface area contributed by atoms with Crippen LogP contribution in [0.4, 0.5) is 0 Å². The van der Waals surface area contributed by atoms with E-state index in [1.807, 2.05) is 6.92 Å². The maximum absolute atomic E-state index is 9.68. The summed E-state index contributed by atoms with van der Waals surface area (Å²) in [5, 5.41) is 9.68. The van der Waals surface area contributed by atoms with E-state index in [2.05, 4.69) is 0 Å². The summed E-state index contributed by atoms with van der Waals surface area (Å²) < 4.78 is 15.7. The largest absolute Gasteiger partial charge is 0.390 e. The van der Waals surface area contributed by atoms with E-state index < -0.39 is 6.10 Å². The fourth-order valence-electron chi connectivity index (χ4n) is 1.76. The van der Waals surface area contributed by atoms with Crippen molar-refractivity contribution >= 4 is 0 Å². The molecule has 1 unspecified atom stereocenters. The Bertz CT molecular complexity index is 151. The van der Waals surface area contributed by atoms with Crippen molar-refractivity contribution in [2.24, 2.45) is 0 Å². The molecule has 13 heavy (non-hydrogen) atoms. The molecule has 1 fully saturated rings. The van der Waals surface area contributed by atoms with Crippen molar-refractivity contribution in [1.29, 1.82) is 0 Å². The predicted octanol–water partition coefficient (Wildman–Crippen LogP) is 0.186. The molecule has 1 heterocycles. The molecule has 0 saturated carbocycles. The van der Waals surface area contributed by atoms with Gasteiger partial charge in [-0.2, -0.15) is 0 Å². The van der Waals surface area contributed by atoms with Gasteiger partial charge in [0.15, 0.2) is 0 Å². The van der Waals surface area contributed by atoms with Gasteiger partial charge >= 0.3 is 0 Å². The molecule has 1 saturated heterocycles. The molecular weight excluding hydrogens is 172 g/mol. The molecule has 1 N–H and O–H groups in total. The van der Waals surface area contributed by atoms with Gasteiger partial charge in [-0.3, -0.25) is 0 Å². The molecule has 0 aromatic heterocycles. The lowest BCUT2D eigenvalue weighted by Gasteiger charge is -2.37. The second kappa shape index (κ2) is 4.91. The van der Waals surface area contributed by atoms with Gasteiger partial charge in [0, 0.05) is 20.6 Å². The van der Waals surface area contributed by atoms with Crippen molar-refractivity contribution in [2.75, 3.05) is 20.8 Å². The number of aliphatic hydroxyl groups is 1. The second-order valence-electron chi connectivity index (χ2n) is 3.44. The van der Waals surface area contributed by atoms with Crippen LogP contribution in [0.1, 0.15) is 13.3 Å². The highest BCUT2D eigenvalue weighted by molar-refractivity contribution is 4.84. The Morgan fingerprint density at radius 2 is 2.15 bits per heavy atom. The standard InChI is InChI=1S/C9H18O4/c1-6-4-7(10)9(12-3)8(13-6)5-11-2/h6-10H,4-5H2,1-3H3/t6?,7-,8+,9+/m0/s1. The van der Waals surface area contributed by atoms with E-state index in [4.69, 9.17) is 14.2 Å². The van der Waals surface area contributed by atoms with Gasteiger partial charge < -0.3 is 19.3 Å². The van der Waals surface area contributed by atoms with Crippen LogP contribution in [0.3, 0.4) is 0 Å². The minimum absolute atomic E-state index is 0.0709. The Labute approximate surface area is 78.8 Å². The van der Waals surface area contributed by atoms with Crippen LogP contribution < -0.4 is 0 Å². The summed E-state index contributed by atoms with van der Waals surface area (Å²) in [4.78, 5) is 0. The van der Waals surface area contributed by atoms with Crippen LogP contribution in [0.25, 0.3) is 0 Å². The van der Waals surface area contributed by atoms with Crippen LogP contribution in [0.15, 0.2) is 0 Å². The zero-order chi connectivity index (χ0) is 9.84. The maximum Gasteiger partial charge on any atom is 0.111 e. The molecule has 0 bridgehead atoms. The zero-order valence-electron chi connectivity index (χ0n) is 8.40. The summed E-state index contributed by atoms with van der Waals surface area (Å²) in [5.74, 6) is 0. The van der Waals surface area contributed by atoms with Crippen molar-refractivity contribution in [1.82, 2.24) is 0 Å². The fourth-order valence-corrected chi connectivity index (χ4v) is 1.76. The Kier molecular flexibility index (Phi) is 4.12. The quantitative estimate of drug-likeness (QED) is 0.690. The first-order valence-electron chi connectivity index (χ1n) is 4.54. The normalized spacial score (nSPS) is 40.6. The molecule has 4 heteroatoms. The SMILES string of the molecule is COC[C@H]1OC(C)C[C@H](O)[C@H]1OC. The summed E-state index contributed by atoms with van der Waals surface area (Å²) in [7, 11) is 3.19. The summed E-state index contributed by atoms with van der Waals surface area (Å²) >= 11 is 0. The first-order valence-corrected chi connectivity index (χ1v) is 4.54. The monoisotopic (exact) mass is 190 g/mol. The Morgan fingerprint density at radius 1 is 1.46 bits per heavy atom. The van der Waals surface area contributed by atoms with E-state index in [0.29, 0.717) is 13.0 Å². The molecule has 0 radical (unpaired) electrons. The van der Waals surface area contributed by atoms with Gasteiger partial charge in [-0.15, -0.1) is 0 Å². The second-order valence-corrected chi connectivity index (χ2v) is 3.44. The molecule has 4 nitrogen and oxygen atoms in total. The minimum atomic E-state index is -0.450. The molecule has 1 rings (SSSR count). The molecular formula is C9H18O4. The van der Waals surface area contributed by atoms with E-state index in [0.717, 1.165) is 0 Å². The number of hydrogen-bond acceptors (Lipinski definition) is 4. The molecule has 4 atom stereocenters. The highest BCUT2D eigenvalue weighted by atomic mass is 16.6. The van der Waals surface area contributed by atoms with Gasteiger partial charge in [-0.1, -0.05) is 0 Å². The van der Waals surface area contributed by atoms with Crippen LogP contribution in [0.2, 0.25) is 0 Å². The minimum Gasteiger partial charge on any atom is -0.390 e. The fraction of sp³-hybridized carbons (Fsp3) is 1.00. The Morgan fingerprint density at radius 3 is 2.69 bits per heavy atom. The first kappa shape index (κ1) is 10.9. The third-order valence-electron chi connectivity index (χ3n) is 2.33. The van der Waals surface area contributed by atoms with Crippen molar-refractivity contribution < 1.29 is 19.3 Å². The zero-order valence-corrected chi connectivity index (χ0v) is 8.40. The molecule has 0 aromatic carbocycles. The Balaban J connectivity index is 2.54. The highest BCUT2D eigenvalue weighted by Crippen LogP contribution is 2.22. The summed E-state index contributed by atoms with van der Waals surface area (Å²) in [6.07, 6.45) is -0.182. The number of hydrogen-bond donors (Lipinski definition) is 1. The van der Waals surface area contributed by atoms with Crippen LogP contribution in [0, 0.1) is 0 Å². The third kappa shape index (κ3) is 2.64. The topological polar surface area (TPSA) is 47.9 Å². The third-order valence-corrected chi connectivity index (χ3v) is 2.33. The van der Waals surface area contributed by atoms with Gasteiger partial charge in [0.2, 0.25) is 0 Å². The van der Waals surface area contributed by atoms with E-state index >= 15 is 0 Å². The van der Waals surface area contributed by atoms with Gasteiger partial charge in [0.1, 0.15) is 12.2 Å². The number of methoxy groups -OCH3 is 2. The highest BCUT2D eigenvalue weighted by Gasteiger charge is 2.36. The van der Waals surface area contributed by atoms with Crippen molar-refractivity contribution in [3.8, 4) is 0 Å². The molecule has 1 aliphatic heterocycles. The molecule has 0 amide bonds. The predicted molar refractivity (Wildman–Crippen MR) is 47.6 cm³/mol. The molecule has 1 aliphatic rings. The smallest absolute Gasteiger partial charge is 0.111 e. The molecule has 78 valence electrons. The lowest BCUT2D eigenvalue weighted by Crippen LogP contribution is -2.50. The van der Waals surface area contributed by atoms with Crippen molar-refractivity contribution in [3.05, 3.63) is 0 Å². The first-order chi connectivity index (χ1) is 6.19. The van der Waals surface area contributed by atoms with Crippen LogP contribution in [-0.2, 0) is 14.2 Å². The van der Waals surface area contributed by atoms with Crippen molar-refractivity contribution in [2.45, 2.75) is 37.8 Å². The van der Waals surface area contributed by atoms with Gasteiger partial charge in [-0.25, -0.2) is 0 Å². The summed E-state index contributed by atoms with van der Waals surface area (Å²) in [5.41, 5.74) is 0. The molecule has 0 aromatic rings. The summed E-state index contributed by atoms with van der Waals surface area (Å²) in [6.45, 7) is 2.40. The molecule has 0 aliphatic carbocycles. The van der Waals surface area contributed by atoms with Gasteiger partial charge in [0.05, 0.1) is 18.8 Å². The van der Waals surface area contributed by atoms with Crippen molar-refractivity contribution in [3.63, 3.8) is 0 Å². The van der Waals surface area contributed by atoms with Gasteiger partial charge in [-0.05, 0) is 6.92 Å². The number of ether oxygens (including phenoxy) is 3. The lowest BCUT2D eigenvalue weighted by molar-refractivity contribution is -0.187. The number of aliphatic hydroxyl groups excluding tert-OH is 1. The average molecular weight is 190 g/mol. The van der Waals surface area contributed by atoms with E-state index in [9.17, 15) is 5.11 Å². The Hall–Kier alpha value is -0.160. The average Bonchev–Trinajstić information content (AvgIpc) is 2.04. The number of rotatable bonds is 3. The van der Waals surface area contributed by atoms with Crippen LogP contribution >= 0.6 is 0 Å². The van der Waals surface area contributed by atoms with E-state index in [1.54, 1.807) is 14.2 Å². The van der Waals surface area contributed by atoms with Crippen LogP contribution in [-0.4, -0.2) is 50.3 Å². The lowest BCUT2D eigenvalue weighted by atomic mass is 9.99. The molecule has 0 spiro atoms. The van der Waals surface area contributed by atoms with Gasteiger partial charge in [0.25, 0.3) is 0 Å². The van der Waals surface area contributed by atoms with E-state index in [-0.39, 0.29) is 18.3 Å². The maximum atomic E-state index is 9.68. The van der Waals surface area contributed by atoms with Crippen LogP contribution in [0.5, 0.6) is 0 Å². The van der Waals surface area contributed by atoms with E-state index in [1.165, 1.54) is 0 Å². The summed E-state index contributed by atoms with van der Waals surface area (Å²) in [6, 6.07) is 0.